The molecular formula is C24H26FN9O2. The van der Waals surface area contributed by atoms with Crippen molar-refractivity contribution < 1.29 is 14.0 Å². The number of nitrogens with zero attached hydrogens (tertiary/aromatic N) is 7. The number of likely N-dealkylation sites (N-methyl/N-ethyl adjacent to an activating group) is 1. The summed E-state index contributed by atoms with van der Waals surface area (Å²) in [6.45, 7) is 0.784. The summed E-state index contributed by atoms with van der Waals surface area (Å²) in [5.74, 6) is -0.665. The number of anilines is 1. The van der Waals surface area contributed by atoms with E-state index in [0.717, 1.165) is 25.7 Å². The predicted molar refractivity (Wildman–Crippen MR) is 131 cm³/mol. The van der Waals surface area contributed by atoms with Crippen LogP contribution in [0.15, 0.2) is 36.8 Å². The number of aromatic amines is 1. The number of hydrogen-bond acceptors (Lipinski definition) is 8. The summed E-state index contributed by atoms with van der Waals surface area (Å²) in [5.41, 5.74) is 2.89. The van der Waals surface area contributed by atoms with Crippen LogP contribution in [0.2, 0.25) is 0 Å². The normalized spacial score (nSPS) is 17.8. The van der Waals surface area contributed by atoms with Crippen molar-refractivity contribution in [3.05, 3.63) is 48.2 Å². The molecule has 3 aromatic heterocycles. The second-order valence-corrected chi connectivity index (χ2v) is 9.03. The Hall–Kier alpha value is -4.19. The van der Waals surface area contributed by atoms with Gasteiger partial charge in [-0.2, -0.15) is 10.2 Å². The van der Waals surface area contributed by atoms with Gasteiger partial charge in [0.1, 0.15) is 28.8 Å². The summed E-state index contributed by atoms with van der Waals surface area (Å²) in [6.07, 6.45) is 7.58. The molecule has 11 nitrogen and oxygen atoms in total. The molecule has 1 amide bonds. The highest BCUT2D eigenvalue weighted by Gasteiger charge is 2.35. The molecule has 5 rings (SSSR count). The van der Waals surface area contributed by atoms with Crippen molar-refractivity contribution in [1.82, 2.24) is 40.2 Å². The van der Waals surface area contributed by atoms with Crippen molar-refractivity contribution in [2.45, 2.75) is 24.9 Å². The van der Waals surface area contributed by atoms with E-state index < -0.39 is 11.7 Å². The number of aromatic nitrogens is 6. The number of benzene rings is 1. The number of halogens is 1. The van der Waals surface area contributed by atoms with E-state index in [0.29, 0.717) is 33.9 Å². The van der Waals surface area contributed by atoms with E-state index in [1.807, 2.05) is 19.0 Å². The lowest BCUT2D eigenvalue weighted by atomic mass is 10.2. The highest BCUT2D eigenvalue weighted by atomic mass is 19.1. The molecule has 0 radical (unpaired) electrons. The first kappa shape index (κ1) is 23.5. The van der Waals surface area contributed by atoms with E-state index in [1.54, 1.807) is 24.7 Å². The Kier molecular flexibility index (Phi) is 6.18. The Morgan fingerprint density at radius 1 is 1.31 bits per heavy atom. The van der Waals surface area contributed by atoms with E-state index in [4.69, 9.17) is 4.98 Å². The van der Waals surface area contributed by atoms with Crippen LogP contribution in [0.1, 0.15) is 23.2 Å². The quantitative estimate of drug-likeness (QED) is 0.375. The molecule has 1 aliphatic rings. The second-order valence-electron chi connectivity index (χ2n) is 9.03. The highest BCUT2D eigenvalue weighted by molar-refractivity contribution is 5.94. The van der Waals surface area contributed by atoms with Crippen LogP contribution >= 0.6 is 0 Å². The molecule has 0 aliphatic carbocycles. The van der Waals surface area contributed by atoms with Crippen LogP contribution in [-0.4, -0.2) is 86.8 Å². The lowest BCUT2D eigenvalue weighted by molar-refractivity contribution is -0.108. The molecule has 2 unspecified atom stereocenters. The number of nitrogens with one attached hydrogen (secondary N) is 2. The van der Waals surface area contributed by atoms with Crippen LogP contribution in [0, 0.1) is 5.82 Å². The zero-order valence-electron chi connectivity index (χ0n) is 20.1. The topological polar surface area (TPSA) is 125 Å². The number of aldehydes is 1. The molecular weight excluding hydrogens is 465 g/mol. The molecule has 4 aromatic rings. The van der Waals surface area contributed by atoms with Crippen LogP contribution in [0.25, 0.3) is 28.0 Å². The first-order valence-corrected chi connectivity index (χ1v) is 11.6. The van der Waals surface area contributed by atoms with Gasteiger partial charge in [0.15, 0.2) is 0 Å². The number of fused-ring (bicyclic) bond motifs is 1. The minimum atomic E-state index is -0.644. The van der Waals surface area contributed by atoms with E-state index >= 15 is 0 Å². The van der Waals surface area contributed by atoms with E-state index in [1.165, 1.54) is 23.9 Å². The van der Waals surface area contributed by atoms with E-state index in [9.17, 15) is 14.0 Å². The Balaban J connectivity index is 1.49. The molecule has 1 aliphatic heterocycles. The van der Waals surface area contributed by atoms with Crippen molar-refractivity contribution in [3.8, 4) is 16.9 Å². The summed E-state index contributed by atoms with van der Waals surface area (Å²) in [4.78, 5) is 36.9. The largest absolute Gasteiger partial charge is 0.355 e. The number of H-pyrrole nitrogens is 1. The zero-order chi connectivity index (χ0) is 25.4. The Bertz CT molecular complexity index is 1430. The Morgan fingerprint density at radius 2 is 2.14 bits per heavy atom. The molecule has 0 bridgehead atoms. The van der Waals surface area contributed by atoms with Crippen LogP contribution in [0.3, 0.4) is 0 Å². The van der Waals surface area contributed by atoms with Crippen molar-refractivity contribution >= 4 is 29.2 Å². The lowest BCUT2D eigenvalue weighted by Gasteiger charge is -2.29. The standard InChI is InChI=1S/C24H26FN9O2/c1-26-23(36)18-7-6-15(8-19(18)25)33-11-14(9-28-33)21-22-20(30-31-21)10-27-24(29-22)34-16(12-32(2)3)4-5-17(34)13-35/h6-11,13,16-17H,4-5,12H2,1-3H3,(H,26,36)(H,30,31). The highest BCUT2D eigenvalue weighted by Crippen LogP contribution is 2.31. The minimum absolute atomic E-state index is 0.0423. The van der Waals surface area contributed by atoms with E-state index in [2.05, 4.69) is 30.5 Å². The second kappa shape index (κ2) is 9.46. The van der Waals surface area contributed by atoms with Crippen molar-refractivity contribution in [3.63, 3.8) is 0 Å². The summed E-state index contributed by atoms with van der Waals surface area (Å²) in [7, 11) is 5.45. The zero-order valence-corrected chi connectivity index (χ0v) is 20.1. The van der Waals surface area contributed by atoms with Gasteiger partial charge in [-0.3, -0.25) is 9.89 Å². The third-order valence-electron chi connectivity index (χ3n) is 6.34. The fourth-order valence-electron chi connectivity index (χ4n) is 4.64. The van der Waals surface area contributed by atoms with Gasteiger partial charge in [0.05, 0.1) is 29.7 Å². The van der Waals surface area contributed by atoms with Gasteiger partial charge in [-0.25, -0.2) is 19.0 Å². The molecule has 1 aromatic carbocycles. The number of amides is 1. The smallest absolute Gasteiger partial charge is 0.253 e. The van der Waals surface area contributed by atoms with Crippen molar-refractivity contribution in [2.75, 3.05) is 32.6 Å². The van der Waals surface area contributed by atoms with Crippen LogP contribution in [0.5, 0.6) is 0 Å². The fraction of sp³-hybridized carbons (Fsp3) is 0.333. The van der Waals surface area contributed by atoms with Gasteiger partial charge < -0.3 is 19.9 Å². The van der Waals surface area contributed by atoms with Gasteiger partial charge in [-0.1, -0.05) is 0 Å². The maximum absolute atomic E-state index is 14.5. The van der Waals surface area contributed by atoms with Gasteiger partial charge in [0.25, 0.3) is 5.91 Å². The monoisotopic (exact) mass is 491 g/mol. The SMILES string of the molecule is CNC(=O)c1ccc(-n2cc(-c3n[nH]c4cnc(N5C(C=O)CCC5CN(C)C)nc34)cn2)cc1F. The maximum Gasteiger partial charge on any atom is 0.253 e. The number of carbonyl (C=O) groups excluding carboxylic acids is 2. The Morgan fingerprint density at radius 3 is 2.86 bits per heavy atom. The minimum Gasteiger partial charge on any atom is -0.355 e. The maximum atomic E-state index is 14.5. The molecule has 186 valence electrons. The first-order valence-electron chi connectivity index (χ1n) is 11.6. The average Bonchev–Trinajstić information content (AvgIpc) is 3.60. The van der Waals surface area contributed by atoms with Gasteiger partial charge >= 0.3 is 0 Å². The molecule has 2 N–H and O–H groups in total. The van der Waals surface area contributed by atoms with E-state index in [-0.39, 0.29) is 17.6 Å². The molecule has 36 heavy (non-hydrogen) atoms. The molecule has 12 heteroatoms. The van der Waals surface area contributed by atoms with Crippen LogP contribution in [0.4, 0.5) is 10.3 Å². The third-order valence-corrected chi connectivity index (χ3v) is 6.34. The van der Waals surface area contributed by atoms with Gasteiger partial charge in [-0.15, -0.1) is 0 Å². The summed E-state index contributed by atoms with van der Waals surface area (Å²) >= 11 is 0. The third kappa shape index (κ3) is 4.19. The summed E-state index contributed by atoms with van der Waals surface area (Å²) in [6, 6.07) is 4.13. The van der Waals surface area contributed by atoms with Crippen molar-refractivity contribution in [1.29, 1.82) is 0 Å². The molecule has 4 heterocycles. The van der Waals surface area contributed by atoms with Crippen LogP contribution < -0.4 is 10.2 Å². The fourth-order valence-corrected chi connectivity index (χ4v) is 4.64. The molecule has 0 spiro atoms. The lowest BCUT2D eigenvalue weighted by Crippen LogP contribution is -2.43. The summed E-state index contributed by atoms with van der Waals surface area (Å²) < 4.78 is 16.0. The average molecular weight is 492 g/mol. The Labute approximate surface area is 206 Å². The molecule has 0 saturated carbocycles. The summed E-state index contributed by atoms with van der Waals surface area (Å²) in [5, 5.41) is 14.1. The van der Waals surface area contributed by atoms with Crippen LogP contribution in [-0.2, 0) is 4.79 Å². The van der Waals surface area contributed by atoms with Crippen molar-refractivity contribution in [2.24, 2.45) is 0 Å². The first-order chi connectivity index (χ1) is 17.4. The van der Waals surface area contributed by atoms with Gasteiger partial charge in [0, 0.05) is 37.5 Å². The molecule has 1 saturated heterocycles. The number of hydrogen-bond donors (Lipinski definition) is 2. The number of rotatable bonds is 7. The predicted octanol–water partition coefficient (Wildman–Crippen LogP) is 1.80. The van der Waals surface area contributed by atoms with Gasteiger partial charge in [0.2, 0.25) is 5.95 Å². The molecule has 2 atom stereocenters. The molecule has 1 fully saturated rings. The van der Waals surface area contributed by atoms with Gasteiger partial charge in [-0.05, 0) is 39.1 Å². The number of carbonyl (C=O) groups is 2.